The molecule has 0 fully saturated rings. The van der Waals surface area contributed by atoms with E-state index in [4.69, 9.17) is 0 Å². The second-order valence-corrected chi connectivity index (χ2v) is 6.70. The number of hydrogen-bond acceptors (Lipinski definition) is 5. The average molecular weight is 393 g/mol. The third-order valence-corrected chi connectivity index (χ3v) is 4.22. The normalized spacial score (nSPS) is 10.5. The number of nitrogens with one attached hydrogen (secondary N) is 2. The van der Waals surface area contributed by atoms with Crippen LogP contribution in [-0.2, 0) is 27.3 Å². The molecule has 0 bridgehead atoms. The second kappa shape index (κ2) is 14.5. The Hall–Kier alpha value is -2.58. The van der Waals surface area contributed by atoms with Crippen molar-refractivity contribution in [1.29, 1.82) is 0 Å². The lowest BCUT2D eigenvalue weighted by Gasteiger charge is -2.05. The summed E-state index contributed by atoms with van der Waals surface area (Å²) in [5.41, 5.74) is 0.868. The Kier molecular flexibility index (Phi) is 12.1. The molecular weight excluding hydrogens is 360 g/mol. The SMILES string of the molecule is C=NC(=O)CNC(=O)CNC(=O)CCCc1cn(CCCCCCCC)nn1. The van der Waals surface area contributed by atoms with Gasteiger partial charge in [-0.1, -0.05) is 44.2 Å². The summed E-state index contributed by atoms with van der Waals surface area (Å²) in [5, 5.41) is 13.1. The summed E-state index contributed by atoms with van der Waals surface area (Å²) < 4.78 is 1.86. The third kappa shape index (κ3) is 11.2. The zero-order chi connectivity index (χ0) is 20.6. The molecule has 1 aromatic rings. The van der Waals surface area contributed by atoms with Crippen molar-refractivity contribution in [2.24, 2.45) is 4.99 Å². The number of aromatic nitrogens is 3. The van der Waals surface area contributed by atoms with Gasteiger partial charge in [-0.2, -0.15) is 0 Å². The van der Waals surface area contributed by atoms with Crippen LogP contribution in [0.3, 0.4) is 0 Å². The Labute approximate surface area is 166 Å². The highest BCUT2D eigenvalue weighted by molar-refractivity contribution is 5.89. The first-order valence-electron chi connectivity index (χ1n) is 9.97. The lowest BCUT2D eigenvalue weighted by atomic mass is 10.1. The van der Waals surface area contributed by atoms with Crippen molar-refractivity contribution < 1.29 is 14.4 Å². The predicted molar refractivity (Wildman–Crippen MR) is 107 cm³/mol. The van der Waals surface area contributed by atoms with E-state index >= 15 is 0 Å². The summed E-state index contributed by atoms with van der Waals surface area (Å²) in [6.45, 7) is 5.77. The van der Waals surface area contributed by atoms with Crippen LogP contribution >= 0.6 is 0 Å². The molecule has 0 radical (unpaired) electrons. The molecule has 3 amide bonds. The number of aliphatic imine (C=N–C) groups is 1. The molecule has 0 aromatic carbocycles. The van der Waals surface area contributed by atoms with Crippen molar-refractivity contribution in [3.8, 4) is 0 Å². The highest BCUT2D eigenvalue weighted by atomic mass is 16.2. The fourth-order valence-electron chi connectivity index (χ4n) is 2.61. The minimum Gasteiger partial charge on any atom is -0.347 e. The van der Waals surface area contributed by atoms with Crippen LogP contribution in [0, 0.1) is 0 Å². The summed E-state index contributed by atoms with van der Waals surface area (Å²) in [6.07, 6.45) is 11.0. The molecule has 1 rings (SSSR count). The first-order chi connectivity index (χ1) is 13.5. The van der Waals surface area contributed by atoms with E-state index in [1.807, 2.05) is 10.9 Å². The van der Waals surface area contributed by atoms with Gasteiger partial charge in [-0.05, 0) is 26.0 Å². The van der Waals surface area contributed by atoms with Crippen molar-refractivity contribution in [2.45, 2.75) is 71.3 Å². The molecule has 28 heavy (non-hydrogen) atoms. The van der Waals surface area contributed by atoms with E-state index < -0.39 is 11.8 Å². The molecule has 156 valence electrons. The molecule has 9 nitrogen and oxygen atoms in total. The van der Waals surface area contributed by atoms with Crippen LogP contribution < -0.4 is 10.6 Å². The maximum atomic E-state index is 11.8. The summed E-state index contributed by atoms with van der Waals surface area (Å²) in [6, 6.07) is 0. The minimum atomic E-state index is -0.524. The fourth-order valence-corrected chi connectivity index (χ4v) is 2.61. The number of hydrogen-bond donors (Lipinski definition) is 2. The number of carbonyl (C=O) groups is 3. The van der Waals surface area contributed by atoms with E-state index in [-0.39, 0.29) is 19.0 Å². The van der Waals surface area contributed by atoms with Crippen molar-refractivity contribution in [2.75, 3.05) is 13.1 Å². The van der Waals surface area contributed by atoms with Crippen LogP contribution in [0.5, 0.6) is 0 Å². The van der Waals surface area contributed by atoms with Gasteiger partial charge in [0.2, 0.25) is 11.8 Å². The summed E-state index contributed by atoms with van der Waals surface area (Å²) >= 11 is 0. The van der Waals surface area contributed by atoms with Crippen LogP contribution in [0.4, 0.5) is 0 Å². The van der Waals surface area contributed by atoms with Crippen LogP contribution in [0.2, 0.25) is 0 Å². The number of amides is 3. The van der Waals surface area contributed by atoms with Crippen molar-refractivity contribution in [1.82, 2.24) is 25.6 Å². The van der Waals surface area contributed by atoms with Crippen LogP contribution in [0.25, 0.3) is 0 Å². The molecule has 0 saturated carbocycles. The largest absolute Gasteiger partial charge is 0.347 e. The van der Waals surface area contributed by atoms with Crippen molar-refractivity contribution in [3.63, 3.8) is 0 Å². The molecule has 0 unspecified atom stereocenters. The van der Waals surface area contributed by atoms with Gasteiger partial charge in [0, 0.05) is 19.2 Å². The molecule has 9 heteroatoms. The maximum absolute atomic E-state index is 11.8. The molecule has 0 aliphatic carbocycles. The summed E-state index contributed by atoms with van der Waals surface area (Å²) in [5.74, 6) is -1.19. The number of unbranched alkanes of at least 4 members (excludes halogenated alkanes) is 5. The van der Waals surface area contributed by atoms with E-state index in [0.717, 1.165) is 18.7 Å². The van der Waals surface area contributed by atoms with Crippen LogP contribution in [0.1, 0.15) is 64.0 Å². The first kappa shape index (κ1) is 23.5. The Balaban J connectivity index is 2.11. The van der Waals surface area contributed by atoms with Gasteiger partial charge in [-0.25, -0.2) is 4.99 Å². The van der Waals surface area contributed by atoms with E-state index in [1.165, 1.54) is 32.1 Å². The molecular formula is C19H32N6O3. The smallest absolute Gasteiger partial charge is 0.264 e. The summed E-state index contributed by atoms with van der Waals surface area (Å²) in [4.78, 5) is 37.3. The minimum absolute atomic E-state index is 0.169. The second-order valence-electron chi connectivity index (χ2n) is 6.70. The summed E-state index contributed by atoms with van der Waals surface area (Å²) in [7, 11) is 0. The predicted octanol–water partition coefficient (Wildman–Crippen LogP) is 1.42. The first-order valence-corrected chi connectivity index (χ1v) is 9.97. The highest BCUT2D eigenvalue weighted by Crippen LogP contribution is 2.07. The maximum Gasteiger partial charge on any atom is 0.264 e. The molecule has 0 spiro atoms. The number of rotatable bonds is 15. The van der Waals surface area contributed by atoms with Crippen molar-refractivity contribution >= 4 is 24.4 Å². The van der Waals surface area contributed by atoms with Gasteiger partial charge in [-0.15, -0.1) is 5.10 Å². The van der Waals surface area contributed by atoms with Gasteiger partial charge in [0.1, 0.15) is 0 Å². The highest BCUT2D eigenvalue weighted by Gasteiger charge is 2.08. The van der Waals surface area contributed by atoms with Gasteiger partial charge >= 0.3 is 0 Å². The monoisotopic (exact) mass is 392 g/mol. The third-order valence-electron chi connectivity index (χ3n) is 4.22. The van der Waals surface area contributed by atoms with E-state index in [0.29, 0.717) is 19.3 Å². The van der Waals surface area contributed by atoms with Gasteiger partial charge in [-0.3, -0.25) is 19.1 Å². The zero-order valence-electron chi connectivity index (χ0n) is 16.8. The van der Waals surface area contributed by atoms with Crippen molar-refractivity contribution in [3.05, 3.63) is 11.9 Å². The Morgan fingerprint density at radius 1 is 1.04 bits per heavy atom. The topological polar surface area (TPSA) is 118 Å². The zero-order valence-corrected chi connectivity index (χ0v) is 16.8. The quantitative estimate of drug-likeness (QED) is 0.346. The molecule has 0 aliphatic heterocycles. The lowest BCUT2D eigenvalue weighted by Crippen LogP contribution is -2.38. The van der Waals surface area contributed by atoms with E-state index in [9.17, 15) is 14.4 Å². The van der Waals surface area contributed by atoms with Crippen LogP contribution in [0.15, 0.2) is 11.2 Å². The Morgan fingerprint density at radius 2 is 1.75 bits per heavy atom. The lowest BCUT2D eigenvalue weighted by molar-refractivity contribution is -0.127. The van der Waals surface area contributed by atoms with Gasteiger partial charge < -0.3 is 10.6 Å². The number of aryl methyl sites for hydroxylation is 2. The van der Waals surface area contributed by atoms with Gasteiger partial charge in [0.15, 0.2) is 0 Å². The van der Waals surface area contributed by atoms with E-state index in [1.54, 1.807) is 0 Å². The van der Waals surface area contributed by atoms with Gasteiger partial charge in [0.25, 0.3) is 5.91 Å². The molecule has 2 N–H and O–H groups in total. The van der Waals surface area contributed by atoms with Crippen LogP contribution in [-0.4, -0.2) is 52.5 Å². The average Bonchev–Trinajstić information content (AvgIpc) is 3.14. The molecule has 1 heterocycles. The fraction of sp³-hybridized carbons (Fsp3) is 0.684. The molecule has 0 aliphatic rings. The molecule has 0 saturated heterocycles. The standard InChI is InChI=1S/C19H32N6O3/c1-3-4-5-6-7-8-12-25-15-16(23-24-25)10-9-11-17(26)21-14-19(28)22-13-18(27)20-2/h15H,2-14H2,1H3,(H,21,26)(H,22,28). The van der Waals surface area contributed by atoms with Gasteiger partial charge in [0.05, 0.1) is 18.8 Å². The molecule has 1 aromatic heterocycles. The van der Waals surface area contributed by atoms with E-state index in [2.05, 4.69) is 39.6 Å². The number of nitrogens with zero attached hydrogens (tertiary/aromatic N) is 4. The Bertz CT molecular complexity index is 629. The Morgan fingerprint density at radius 3 is 2.50 bits per heavy atom. The number of carbonyl (C=O) groups excluding carboxylic acids is 3. The molecule has 0 atom stereocenters.